The molecule has 26 heavy (non-hydrogen) atoms. The summed E-state index contributed by atoms with van der Waals surface area (Å²) in [5, 5.41) is 4.38. The standard InChI is InChI=1S/C17H17N9/c1-3-12-16(18)25-14-11(7-21-17(19)15(14)24-12)10-6-22-26(8-10)13-4-5-20-9(2)23-13/h4-8H,3H2,1-2H3,(H2,18,25)(H2,19,21). The summed E-state index contributed by atoms with van der Waals surface area (Å²) in [4.78, 5) is 21.8. The fraction of sp³-hybridized carbons (Fsp3) is 0.176. The molecule has 0 atom stereocenters. The van der Waals surface area contributed by atoms with Crippen molar-refractivity contribution < 1.29 is 0 Å². The Morgan fingerprint density at radius 2 is 1.85 bits per heavy atom. The van der Waals surface area contributed by atoms with Gasteiger partial charge in [-0.15, -0.1) is 0 Å². The summed E-state index contributed by atoms with van der Waals surface area (Å²) in [5.74, 6) is 2.07. The number of anilines is 2. The number of nitrogens with zero attached hydrogens (tertiary/aromatic N) is 7. The normalized spacial score (nSPS) is 11.2. The molecule has 0 fully saturated rings. The van der Waals surface area contributed by atoms with Crippen molar-refractivity contribution >= 4 is 22.7 Å². The van der Waals surface area contributed by atoms with Crippen LogP contribution in [0.5, 0.6) is 0 Å². The number of pyridine rings is 1. The molecule has 9 nitrogen and oxygen atoms in total. The lowest BCUT2D eigenvalue weighted by Crippen LogP contribution is -2.04. The number of fused-ring (bicyclic) bond motifs is 1. The number of rotatable bonds is 3. The van der Waals surface area contributed by atoms with Gasteiger partial charge in [0.2, 0.25) is 0 Å². The topological polar surface area (TPSA) is 134 Å². The molecule has 0 aliphatic rings. The molecule has 4 aromatic heterocycles. The van der Waals surface area contributed by atoms with Crippen molar-refractivity contribution in [3.63, 3.8) is 0 Å². The van der Waals surface area contributed by atoms with Crippen LogP contribution >= 0.6 is 0 Å². The summed E-state index contributed by atoms with van der Waals surface area (Å²) in [6, 6.07) is 1.79. The summed E-state index contributed by atoms with van der Waals surface area (Å²) in [5.41, 5.74) is 15.5. The van der Waals surface area contributed by atoms with Crippen LogP contribution in [0.2, 0.25) is 0 Å². The lowest BCUT2D eigenvalue weighted by molar-refractivity contribution is 0.828. The molecule has 0 saturated heterocycles. The van der Waals surface area contributed by atoms with E-state index in [1.54, 1.807) is 29.3 Å². The molecule has 0 spiro atoms. The van der Waals surface area contributed by atoms with Crippen molar-refractivity contribution in [3.8, 4) is 16.9 Å². The second kappa shape index (κ2) is 6.03. The Morgan fingerprint density at radius 1 is 1.00 bits per heavy atom. The quantitative estimate of drug-likeness (QED) is 0.572. The highest BCUT2D eigenvalue weighted by Crippen LogP contribution is 2.29. The maximum Gasteiger partial charge on any atom is 0.156 e. The zero-order valence-electron chi connectivity index (χ0n) is 14.4. The molecule has 4 aromatic rings. The van der Waals surface area contributed by atoms with Crippen LogP contribution < -0.4 is 11.5 Å². The van der Waals surface area contributed by atoms with Gasteiger partial charge in [0.05, 0.1) is 11.9 Å². The molecule has 0 amide bonds. The Bertz CT molecular complexity index is 1120. The van der Waals surface area contributed by atoms with Gasteiger partial charge in [-0.3, -0.25) is 0 Å². The molecular weight excluding hydrogens is 330 g/mol. The van der Waals surface area contributed by atoms with Crippen molar-refractivity contribution in [1.82, 2.24) is 34.7 Å². The SMILES string of the molecule is CCc1nc2c(N)ncc(-c3cnn(-c4ccnc(C)n4)c3)c2nc1N. The van der Waals surface area contributed by atoms with Crippen molar-refractivity contribution in [3.05, 3.63) is 42.4 Å². The fourth-order valence-electron chi connectivity index (χ4n) is 2.74. The number of hydrogen-bond acceptors (Lipinski definition) is 8. The van der Waals surface area contributed by atoms with Crippen LogP contribution in [0.25, 0.3) is 28.0 Å². The second-order valence-electron chi connectivity index (χ2n) is 5.80. The third kappa shape index (κ3) is 2.59. The Labute approximate surface area is 149 Å². The Morgan fingerprint density at radius 3 is 2.62 bits per heavy atom. The number of nitrogens with two attached hydrogens (primary N) is 2. The molecule has 0 bridgehead atoms. The van der Waals surface area contributed by atoms with Gasteiger partial charge in [-0.25, -0.2) is 29.6 Å². The molecule has 4 N–H and O–H groups in total. The van der Waals surface area contributed by atoms with Gasteiger partial charge >= 0.3 is 0 Å². The van der Waals surface area contributed by atoms with E-state index in [2.05, 4.69) is 30.0 Å². The molecule has 4 heterocycles. The smallest absolute Gasteiger partial charge is 0.156 e. The summed E-state index contributed by atoms with van der Waals surface area (Å²) in [6.07, 6.45) is 7.58. The molecule has 0 aliphatic heterocycles. The van der Waals surface area contributed by atoms with Crippen LogP contribution in [0.1, 0.15) is 18.4 Å². The Balaban J connectivity index is 1.87. The van der Waals surface area contributed by atoms with E-state index in [9.17, 15) is 0 Å². The lowest BCUT2D eigenvalue weighted by Gasteiger charge is -2.09. The maximum absolute atomic E-state index is 6.03. The number of aromatic nitrogens is 7. The first-order valence-corrected chi connectivity index (χ1v) is 8.12. The molecule has 0 aromatic carbocycles. The number of aryl methyl sites for hydroxylation is 2. The van der Waals surface area contributed by atoms with E-state index in [0.717, 1.165) is 11.1 Å². The van der Waals surface area contributed by atoms with Gasteiger partial charge in [0.25, 0.3) is 0 Å². The molecule has 0 radical (unpaired) electrons. The molecule has 9 heteroatoms. The zero-order valence-corrected chi connectivity index (χ0v) is 14.4. The van der Waals surface area contributed by atoms with Crippen molar-refractivity contribution in [2.75, 3.05) is 11.5 Å². The minimum absolute atomic E-state index is 0.324. The van der Waals surface area contributed by atoms with E-state index < -0.39 is 0 Å². The van der Waals surface area contributed by atoms with Gasteiger partial charge in [0.1, 0.15) is 22.7 Å². The van der Waals surface area contributed by atoms with Gasteiger partial charge in [0, 0.05) is 35.8 Å². The third-order valence-electron chi connectivity index (χ3n) is 4.05. The minimum atomic E-state index is 0.324. The second-order valence-corrected chi connectivity index (χ2v) is 5.80. The molecule has 4 rings (SSSR count). The molecule has 0 saturated carbocycles. The van der Waals surface area contributed by atoms with Gasteiger partial charge in [-0.1, -0.05) is 6.92 Å². The minimum Gasteiger partial charge on any atom is -0.382 e. The van der Waals surface area contributed by atoms with Crippen LogP contribution in [0.4, 0.5) is 11.6 Å². The van der Waals surface area contributed by atoms with E-state index >= 15 is 0 Å². The largest absolute Gasteiger partial charge is 0.382 e. The Hall–Kier alpha value is -3.62. The fourth-order valence-corrected chi connectivity index (χ4v) is 2.74. The molecular formula is C17H17N9. The van der Waals surface area contributed by atoms with Crippen LogP contribution in [0.3, 0.4) is 0 Å². The van der Waals surface area contributed by atoms with Crippen LogP contribution in [0, 0.1) is 6.92 Å². The highest BCUT2D eigenvalue weighted by atomic mass is 15.3. The average molecular weight is 347 g/mol. The van der Waals surface area contributed by atoms with E-state index in [4.69, 9.17) is 11.5 Å². The molecule has 130 valence electrons. The van der Waals surface area contributed by atoms with E-state index in [1.807, 2.05) is 20.0 Å². The lowest BCUT2D eigenvalue weighted by atomic mass is 10.1. The van der Waals surface area contributed by atoms with Gasteiger partial charge in [0.15, 0.2) is 11.6 Å². The predicted octanol–water partition coefficient (Wildman–Crippen LogP) is 1.70. The summed E-state index contributed by atoms with van der Waals surface area (Å²) >= 11 is 0. The van der Waals surface area contributed by atoms with Crippen LogP contribution in [-0.2, 0) is 6.42 Å². The predicted molar refractivity (Wildman–Crippen MR) is 98.4 cm³/mol. The summed E-state index contributed by atoms with van der Waals surface area (Å²) < 4.78 is 1.67. The van der Waals surface area contributed by atoms with Gasteiger partial charge in [-0.2, -0.15) is 5.10 Å². The first-order chi connectivity index (χ1) is 12.6. The van der Waals surface area contributed by atoms with Crippen molar-refractivity contribution in [2.24, 2.45) is 0 Å². The van der Waals surface area contributed by atoms with Crippen molar-refractivity contribution in [1.29, 1.82) is 0 Å². The average Bonchev–Trinajstić information content (AvgIpc) is 3.11. The molecule has 0 unspecified atom stereocenters. The van der Waals surface area contributed by atoms with E-state index in [-0.39, 0.29) is 0 Å². The van der Waals surface area contributed by atoms with Gasteiger partial charge < -0.3 is 11.5 Å². The maximum atomic E-state index is 6.03. The van der Waals surface area contributed by atoms with Crippen LogP contribution in [-0.4, -0.2) is 34.7 Å². The first kappa shape index (κ1) is 15.9. The van der Waals surface area contributed by atoms with E-state index in [1.165, 1.54) is 0 Å². The highest BCUT2D eigenvalue weighted by Gasteiger charge is 2.15. The molecule has 0 aliphatic carbocycles. The zero-order chi connectivity index (χ0) is 18.3. The van der Waals surface area contributed by atoms with Crippen LogP contribution in [0.15, 0.2) is 30.9 Å². The van der Waals surface area contributed by atoms with E-state index in [0.29, 0.717) is 46.4 Å². The van der Waals surface area contributed by atoms with Crippen molar-refractivity contribution in [2.45, 2.75) is 20.3 Å². The number of hydrogen-bond donors (Lipinski definition) is 2. The monoisotopic (exact) mass is 347 g/mol. The summed E-state index contributed by atoms with van der Waals surface area (Å²) in [6.45, 7) is 3.79. The highest BCUT2D eigenvalue weighted by molar-refractivity contribution is 5.96. The third-order valence-corrected chi connectivity index (χ3v) is 4.05. The Kier molecular flexibility index (Phi) is 3.68. The first-order valence-electron chi connectivity index (χ1n) is 8.12. The van der Waals surface area contributed by atoms with Gasteiger partial charge in [-0.05, 0) is 13.3 Å². The summed E-state index contributed by atoms with van der Waals surface area (Å²) in [7, 11) is 0. The number of nitrogen functional groups attached to an aromatic ring is 2.